The van der Waals surface area contributed by atoms with E-state index >= 15 is 0 Å². The number of ether oxygens (including phenoxy) is 1. The van der Waals surface area contributed by atoms with Crippen LogP contribution in [0.1, 0.15) is 63.8 Å². The van der Waals surface area contributed by atoms with Gasteiger partial charge in [0.2, 0.25) is 0 Å². The zero-order chi connectivity index (χ0) is 23.8. The summed E-state index contributed by atoms with van der Waals surface area (Å²) in [4.78, 5) is 25.2. The Morgan fingerprint density at radius 2 is 2.00 bits per heavy atom. The molecule has 1 aliphatic rings. The molecule has 0 radical (unpaired) electrons. The zero-order valence-corrected chi connectivity index (χ0v) is 19.9. The van der Waals surface area contributed by atoms with Crippen molar-refractivity contribution in [2.24, 2.45) is 5.92 Å². The smallest absolute Gasteiger partial charge is 0.435 e. The largest absolute Gasteiger partial charge is 0.448 e. The number of fused-ring (bicyclic) bond motifs is 2. The van der Waals surface area contributed by atoms with E-state index in [1.165, 1.54) is 21.4 Å². The number of carbonyl (C=O) groups excluding carboxylic acids is 2. The lowest BCUT2D eigenvalue weighted by atomic mass is 9.85. The van der Waals surface area contributed by atoms with Crippen molar-refractivity contribution in [2.75, 3.05) is 11.9 Å². The molecule has 4 rings (SSSR count). The Balaban J connectivity index is 1.47. The van der Waals surface area contributed by atoms with Gasteiger partial charge in [-0.3, -0.25) is 0 Å². The van der Waals surface area contributed by atoms with Gasteiger partial charge in [-0.05, 0) is 53.0 Å². The highest BCUT2D eigenvalue weighted by molar-refractivity contribution is 6.02. The normalized spacial score (nSPS) is 15.5. The second-order valence-electron chi connectivity index (χ2n) is 10.1. The highest BCUT2D eigenvalue weighted by atomic mass is 16.6. The van der Waals surface area contributed by atoms with E-state index < -0.39 is 6.09 Å². The summed E-state index contributed by atoms with van der Waals surface area (Å²) in [6, 6.07) is 11.6. The van der Waals surface area contributed by atoms with Crippen LogP contribution in [0.25, 0.3) is 10.9 Å². The number of amides is 2. The number of anilines is 1. The molecule has 1 atom stereocenters. The molecular formula is C26H32N4O3. The van der Waals surface area contributed by atoms with Crippen LogP contribution in [-0.2, 0) is 16.6 Å². The first kappa shape index (κ1) is 22.8. The summed E-state index contributed by atoms with van der Waals surface area (Å²) < 4.78 is 6.51. The fourth-order valence-electron chi connectivity index (χ4n) is 4.16. The SMILES string of the molecule is CC(C)COC(=O)n1ncc2c(NC(=O)NC3CCc4cc(C(C)(C)C)ccc43)cccc21. The van der Waals surface area contributed by atoms with Crippen LogP contribution in [-0.4, -0.2) is 28.5 Å². The Kier molecular flexibility index (Phi) is 6.15. The number of carbonyl (C=O) groups is 2. The molecule has 1 unspecified atom stereocenters. The minimum absolute atomic E-state index is 0.0260. The van der Waals surface area contributed by atoms with Crippen molar-refractivity contribution in [2.45, 2.75) is 58.9 Å². The first-order valence-corrected chi connectivity index (χ1v) is 11.5. The molecule has 7 nitrogen and oxygen atoms in total. The Morgan fingerprint density at radius 1 is 1.21 bits per heavy atom. The number of aromatic nitrogens is 2. The number of nitrogens with one attached hydrogen (secondary N) is 2. The Morgan fingerprint density at radius 3 is 2.73 bits per heavy atom. The van der Waals surface area contributed by atoms with E-state index in [-0.39, 0.29) is 23.4 Å². The van der Waals surface area contributed by atoms with Crippen LogP contribution in [0.3, 0.4) is 0 Å². The van der Waals surface area contributed by atoms with Gasteiger partial charge >= 0.3 is 12.1 Å². The molecule has 2 amide bonds. The summed E-state index contributed by atoms with van der Waals surface area (Å²) in [5.74, 6) is 0.234. The van der Waals surface area contributed by atoms with E-state index in [2.05, 4.69) is 54.7 Å². The monoisotopic (exact) mass is 448 g/mol. The quantitative estimate of drug-likeness (QED) is 0.529. The van der Waals surface area contributed by atoms with E-state index in [9.17, 15) is 9.59 Å². The Bertz CT molecular complexity index is 1190. The molecule has 2 aromatic carbocycles. The molecule has 0 aliphatic heterocycles. The van der Waals surface area contributed by atoms with Crippen molar-refractivity contribution in [1.29, 1.82) is 0 Å². The van der Waals surface area contributed by atoms with Crippen LogP contribution >= 0.6 is 0 Å². The molecule has 0 spiro atoms. The Labute approximate surface area is 194 Å². The molecule has 2 N–H and O–H groups in total. The predicted molar refractivity (Wildman–Crippen MR) is 130 cm³/mol. The highest BCUT2D eigenvalue weighted by Crippen LogP contribution is 2.34. The Hall–Kier alpha value is -3.35. The molecule has 0 saturated carbocycles. The van der Waals surface area contributed by atoms with Crippen LogP contribution in [0.2, 0.25) is 0 Å². The number of rotatable bonds is 4. The number of aryl methyl sites for hydroxylation is 1. The van der Waals surface area contributed by atoms with Crippen LogP contribution in [0.5, 0.6) is 0 Å². The van der Waals surface area contributed by atoms with Crippen molar-refractivity contribution < 1.29 is 14.3 Å². The lowest BCUT2D eigenvalue weighted by molar-refractivity contribution is 0.132. The standard InChI is InChI=1S/C26H32N4O3/c1-16(2)15-33-25(32)30-23-8-6-7-21(20(23)14-27-30)28-24(31)29-22-12-9-17-13-18(26(3,4)5)10-11-19(17)22/h6-8,10-11,13-14,16,22H,9,12,15H2,1-5H3,(H2,28,29,31). The van der Waals surface area contributed by atoms with Crippen LogP contribution in [0.4, 0.5) is 15.3 Å². The van der Waals surface area contributed by atoms with Crippen LogP contribution < -0.4 is 10.6 Å². The van der Waals surface area contributed by atoms with Gasteiger partial charge < -0.3 is 15.4 Å². The molecule has 1 heterocycles. The molecule has 3 aromatic rings. The predicted octanol–water partition coefficient (Wildman–Crippen LogP) is 5.78. The van der Waals surface area contributed by atoms with Gasteiger partial charge in [0.05, 0.1) is 30.0 Å². The summed E-state index contributed by atoms with van der Waals surface area (Å²) in [6.45, 7) is 10.9. The van der Waals surface area contributed by atoms with Crippen molar-refractivity contribution in [3.05, 3.63) is 59.3 Å². The van der Waals surface area contributed by atoms with E-state index in [1.54, 1.807) is 24.4 Å². The first-order chi connectivity index (χ1) is 15.6. The topological polar surface area (TPSA) is 85.2 Å². The third kappa shape index (κ3) is 4.87. The van der Waals surface area contributed by atoms with Gasteiger partial charge in [-0.2, -0.15) is 9.78 Å². The van der Waals surface area contributed by atoms with Crippen LogP contribution in [0, 0.1) is 5.92 Å². The molecule has 0 saturated heterocycles. The minimum Gasteiger partial charge on any atom is -0.448 e. The van der Waals surface area contributed by atoms with Crippen LogP contribution in [0.15, 0.2) is 42.6 Å². The molecule has 7 heteroatoms. The molecule has 174 valence electrons. The van der Waals surface area contributed by atoms with E-state index in [4.69, 9.17) is 4.74 Å². The van der Waals surface area contributed by atoms with Crippen molar-refractivity contribution in [1.82, 2.24) is 15.1 Å². The second-order valence-corrected chi connectivity index (χ2v) is 10.1. The fourth-order valence-corrected chi connectivity index (χ4v) is 4.16. The lowest BCUT2D eigenvalue weighted by Gasteiger charge is -2.21. The highest BCUT2D eigenvalue weighted by Gasteiger charge is 2.26. The van der Waals surface area contributed by atoms with Crippen molar-refractivity contribution >= 4 is 28.7 Å². The lowest BCUT2D eigenvalue weighted by Crippen LogP contribution is -2.31. The molecular weight excluding hydrogens is 416 g/mol. The van der Waals surface area contributed by atoms with E-state index in [1.807, 2.05) is 13.8 Å². The zero-order valence-electron chi connectivity index (χ0n) is 19.9. The number of benzene rings is 2. The average Bonchev–Trinajstić information content (AvgIpc) is 3.36. The molecule has 33 heavy (non-hydrogen) atoms. The molecule has 1 aromatic heterocycles. The summed E-state index contributed by atoms with van der Waals surface area (Å²) in [5, 5.41) is 10.9. The summed E-state index contributed by atoms with van der Waals surface area (Å²) in [6.07, 6.45) is 2.86. The van der Waals surface area contributed by atoms with Gasteiger partial charge in [-0.1, -0.05) is 58.9 Å². The van der Waals surface area contributed by atoms with Crippen molar-refractivity contribution in [3.8, 4) is 0 Å². The maximum atomic E-state index is 12.8. The maximum Gasteiger partial charge on any atom is 0.435 e. The third-order valence-electron chi connectivity index (χ3n) is 5.97. The van der Waals surface area contributed by atoms with E-state index in [0.29, 0.717) is 23.2 Å². The number of hydrogen-bond donors (Lipinski definition) is 2. The molecule has 0 bridgehead atoms. The van der Waals surface area contributed by atoms with E-state index in [0.717, 1.165) is 12.8 Å². The summed E-state index contributed by atoms with van der Waals surface area (Å²) in [5.41, 5.74) is 5.06. The third-order valence-corrected chi connectivity index (χ3v) is 5.97. The molecule has 1 aliphatic carbocycles. The van der Waals surface area contributed by atoms with Crippen molar-refractivity contribution in [3.63, 3.8) is 0 Å². The maximum absolute atomic E-state index is 12.8. The summed E-state index contributed by atoms with van der Waals surface area (Å²) >= 11 is 0. The first-order valence-electron chi connectivity index (χ1n) is 11.5. The molecule has 0 fully saturated rings. The van der Waals surface area contributed by atoms with Gasteiger partial charge in [-0.25, -0.2) is 9.59 Å². The number of hydrogen-bond acceptors (Lipinski definition) is 4. The van der Waals surface area contributed by atoms with Gasteiger partial charge in [-0.15, -0.1) is 0 Å². The number of urea groups is 1. The fraction of sp³-hybridized carbons (Fsp3) is 0.423. The second kappa shape index (κ2) is 8.89. The minimum atomic E-state index is -0.530. The van der Waals surface area contributed by atoms with Gasteiger partial charge in [0, 0.05) is 5.39 Å². The number of nitrogens with zero attached hydrogens (tertiary/aromatic N) is 2. The van der Waals surface area contributed by atoms with Gasteiger partial charge in [0.15, 0.2) is 0 Å². The summed E-state index contributed by atoms with van der Waals surface area (Å²) in [7, 11) is 0. The van der Waals surface area contributed by atoms with Gasteiger partial charge in [0.1, 0.15) is 0 Å². The van der Waals surface area contributed by atoms with Gasteiger partial charge in [0.25, 0.3) is 0 Å². The average molecular weight is 449 g/mol.